The number of imidazole rings is 1. The van der Waals surface area contributed by atoms with Crippen LogP contribution in [0.2, 0.25) is 0 Å². The van der Waals surface area contributed by atoms with Gasteiger partial charge in [-0.25, -0.2) is 9.97 Å². The molecule has 4 heterocycles. The van der Waals surface area contributed by atoms with Crippen LogP contribution in [0.15, 0.2) is 41.1 Å². The van der Waals surface area contributed by atoms with Gasteiger partial charge in [0.25, 0.3) is 0 Å². The fourth-order valence-corrected chi connectivity index (χ4v) is 3.81. The molecule has 0 bridgehead atoms. The van der Waals surface area contributed by atoms with E-state index in [1.807, 2.05) is 17.7 Å². The van der Waals surface area contributed by atoms with Crippen molar-refractivity contribution in [1.29, 1.82) is 0 Å². The molecule has 0 saturated carbocycles. The minimum atomic E-state index is 0.0754. The first-order chi connectivity index (χ1) is 15.1. The van der Waals surface area contributed by atoms with Crippen LogP contribution in [0, 0.1) is 6.92 Å². The lowest BCUT2D eigenvalue weighted by Crippen LogP contribution is -2.11. The highest BCUT2D eigenvalue weighted by Crippen LogP contribution is 2.32. The standard InChI is InChI=1S/C22H24N6O3/c1-14-18(25-22(31-14)15-4-5-19(29)20(10-15)30-2)13-27-9-7-24-21(27)17-11-16-12-23-6-3-8-28(16)26-17/h4-5,7,9-11,23,29H,3,6,8,12-13H2,1-2H3. The Hall–Kier alpha value is -3.59. The van der Waals surface area contributed by atoms with Crippen molar-refractivity contribution in [1.82, 2.24) is 29.6 Å². The van der Waals surface area contributed by atoms with Crippen LogP contribution in [0.25, 0.3) is 23.0 Å². The maximum atomic E-state index is 9.83. The molecule has 31 heavy (non-hydrogen) atoms. The van der Waals surface area contributed by atoms with Crippen molar-refractivity contribution in [3.05, 3.63) is 53.8 Å². The molecule has 0 atom stereocenters. The Morgan fingerprint density at radius 3 is 3.06 bits per heavy atom. The first kappa shape index (κ1) is 19.4. The van der Waals surface area contributed by atoms with E-state index < -0.39 is 0 Å². The number of hydrogen-bond donors (Lipinski definition) is 2. The van der Waals surface area contributed by atoms with Gasteiger partial charge in [-0.1, -0.05) is 0 Å². The fourth-order valence-electron chi connectivity index (χ4n) is 3.81. The van der Waals surface area contributed by atoms with E-state index in [2.05, 4.69) is 26.0 Å². The third-order valence-electron chi connectivity index (χ3n) is 5.48. The number of ether oxygens (including phenoxy) is 1. The molecule has 3 aromatic heterocycles. The van der Waals surface area contributed by atoms with Gasteiger partial charge in [0.05, 0.1) is 19.3 Å². The van der Waals surface area contributed by atoms with Crippen LogP contribution in [-0.4, -0.2) is 43.1 Å². The molecular weight excluding hydrogens is 396 g/mol. The molecule has 1 aromatic carbocycles. The number of hydrogen-bond acceptors (Lipinski definition) is 7. The van der Waals surface area contributed by atoms with Gasteiger partial charge in [0.2, 0.25) is 5.89 Å². The highest BCUT2D eigenvalue weighted by Gasteiger charge is 2.18. The zero-order valence-electron chi connectivity index (χ0n) is 17.5. The van der Waals surface area contributed by atoms with Crippen LogP contribution in [0.3, 0.4) is 0 Å². The number of nitrogens with zero attached hydrogens (tertiary/aromatic N) is 5. The van der Waals surface area contributed by atoms with E-state index in [1.165, 1.54) is 12.8 Å². The molecule has 0 spiro atoms. The molecule has 1 aliphatic rings. The second-order valence-corrected chi connectivity index (χ2v) is 7.56. The molecule has 0 fully saturated rings. The van der Waals surface area contributed by atoms with Crippen LogP contribution in [-0.2, 0) is 19.6 Å². The van der Waals surface area contributed by atoms with Gasteiger partial charge in [-0.3, -0.25) is 4.68 Å². The number of methoxy groups -OCH3 is 1. The fraction of sp³-hybridized carbons (Fsp3) is 0.318. The summed E-state index contributed by atoms with van der Waals surface area (Å²) in [7, 11) is 1.51. The summed E-state index contributed by atoms with van der Waals surface area (Å²) in [6, 6.07) is 7.13. The molecule has 9 nitrogen and oxygen atoms in total. The highest BCUT2D eigenvalue weighted by atomic mass is 16.5. The molecule has 160 valence electrons. The number of aryl methyl sites for hydroxylation is 2. The Morgan fingerprint density at radius 1 is 1.29 bits per heavy atom. The zero-order chi connectivity index (χ0) is 21.4. The summed E-state index contributed by atoms with van der Waals surface area (Å²) in [6.07, 6.45) is 4.76. The Kier molecular flexibility index (Phi) is 4.95. The van der Waals surface area contributed by atoms with E-state index in [-0.39, 0.29) is 5.75 Å². The summed E-state index contributed by atoms with van der Waals surface area (Å²) in [5.74, 6) is 2.46. The number of rotatable bonds is 5. The minimum absolute atomic E-state index is 0.0754. The number of phenols is 1. The molecule has 9 heteroatoms. The first-order valence-corrected chi connectivity index (χ1v) is 10.2. The van der Waals surface area contributed by atoms with Crippen molar-refractivity contribution in [2.45, 2.75) is 33.0 Å². The summed E-state index contributed by atoms with van der Waals surface area (Å²) in [5, 5.41) is 18.0. The van der Waals surface area contributed by atoms with Crippen LogP contribution in [0.1, 0.15) is 23.6 Å². The molecule has 0 aliphatic carbocycles. The van der Waals surface area contributed by atoms with E-state index in [9.17, 15) is 5.11 Å². The Labute approximate surface area is 179 Å². The number of aromatic hydroxyl groups is 1. The maximum Gasteiger partial charge on any atom is 0.226 e. The molecule has 0 amide bonds. The second kappa shape index (κ2) is 7.92. The monoisotopic (exact) mass is 420 g/mol. The molecule has 0 unspecified atom stereocenters. The van der Waals surface area contributed by atoms with E-state index in [1.54, 1.807) is 24.4 Å². The SMILES string of the molecule is COc1cc(-c2nc(Cn3ccnc3-c3cc4n(n3)CCCNC4)c(C)o2)ccc1O. The van der Waals surface area contributed by atoms with Gasteiger partial charge in [0.15, 0.2) is 17.3 Å². The van der Waals surface area contributed by atoms with Crippen molar-refractivity contribution in [2.75, 3.05) is 13.7 Å². The summed E-state index contributed by atoms with van der Waals surface area (Å²) in [6.45, 7) is 5.14. The predicted molar refractivity (Wildman–Crippen MR) is 114 cm³/mol. The lowest BCUT2D eigenvalue weighted by atomic mass is 10.2. The number of fused-ring (bicyclic) bond motifs is 1. The number of oxazole rings is 1. The Morgan fingerprint density at radius 2 is 2.19 bits per heavy atom. The molecule has 2 N–H and O–H groups in total. The van der Waals surface area contributed by atoms with E-state index in [0.29, 0.717) is 18.2 Å². The largest absolute Gasteiger partial charge is 0.504 e. The van der Waals surface area contributed by atoms with Crippen LogP contribution in [0.4, 0.5) is 0 Å². The van der Waals surface area contributed by atoms with E-state index in [4.69, 9.17) is 14.3 Å². The van der Waals surface area contributed by atoms with Gasteiger partial charge in [-0.15, -0.1) is 0 Å². The van der Waals surface area contributed by atoms with Gasteiger partial charge in [-0.05, 0) is 44.2 Å². The topological polar surface area (TPSA) is 103 Å². The van der Waals surface area contributed by atoms with Gasteiger partial charge >= 0.3 is 0 Å². The van der Waals surface area contributed by atoms with Crippen LogP contribution < -0.4 is 10.1 Å². The van der Waals surface area contributed by atoms with Crippen molar-refractivity contribution >= 4 is 0 Å². The summed E-state index contributed by atoms with van der Waals surface area (Å²) < 4.78 is 15.2. The maximum absolute atomic E-state index is 9.83. The third-order valence-corrected chi connectivity index (χ3v) is 5.48. The number of benzene rings is 1. The van der Waals surface area contributed by atoms with Crippen molar-refractivity contribution in [3.8, 4) is 34.5 Å². The second-order valence-electron chi connectivity index (χ2n) is 7.56. The lowest BCUT2D eigenvalue weighted by molar-refractivity contribution is 0.373. The normalized spacial score (nSPS) is 13.7. The Bertz CT molecular complexity index is 1200. The minimum Gasteiger partial charge on any atom is -0.504 e. The zero-order valence-corrected chi connectivity index (χ0v) is 17.5. The molecule has 4 aromatic rings. The number of phenolic OH excluding ortho intramolecular Hbond substituents is 1. The lowest BCUT2D eigenvalue weighted by Gasteiger charge is -2.05. The summed E-state index contributed by atoms with van der Waals surface area (Å²) in [4.78, 5) is 9.22. The van der Waals surface area contributed by atoms with Crippen molar-refractivity contribution < 1.29 is 14.3 Å². The van der Waals surface area contributed by atoms with E-state index >= 15 is 0 Å². The third kappa shape index (κ3) is 3.68. The average Bonchev–Trinajstić information content (AvgIpc) is 3.45. The molecule has 1 aliphatic heterocycles. The smallest absolute Gasteiger partial charge is 0.226 e. The molecule has 0 radical (unpaired) electrons. The van der Waals surface area contributed by atoms with Gasteiger partial charge in [0, 0.05) is 31.0 Å². The predicted octanol–water partition coefficient (Wildman–Crippen LogP) is 2.97. The first-order valence-electron chi connectivity index (χ1n) is 10.2. The molecular formula is C22H24N6O3. The average molecular weight is 420 g/mol. The molecule has 0 saturated heterocycles. The Balaban J connectivity index is 1.43. The van der Waals surface area contributed by atoms with Crippen molar-refractivity contribution in [2.24, 2.45) is 0 Å². The highest BCUT2D eigenvalue weighted by molar-refractivity contribution is 5.60. The summed E-state index contributed by atoms with van der Waals surface area (Å²) in [5.41, 5.74) is 3.57. The molecule has 5 rings (SSSR count). The van der Waals surface area contributed by atoms with E-state index in [0.717, 1.165) is 54.6 Å². The summed E-state index contributed by atoms with van der Waals surface area (Å²) >= 11 is 0. The quantitative estimate of drug-likeness (QED) is 0.512. The van der Waals surface area contributed by atoms with Gasteiger partial charge < -0.3 is 24.1 Å². The van der Waals surface area contributed by atoms with Crippen molar-refractivity contribution in [3.63, 3.8) is 0 Å². The van der Waals surface area contributed by atoms with Gasteiger partial charge in [-0.2, -0.15) is 5.10 Å². The number of aromatic nitrogens is 5. The van der Waals surface area contributed by atoms with Crippen LogP contribution in [0.5, 0.6) is 11.5 Å². The van der Waals surface area contributed by atoms with Gasteiger partial charge in [0.1, 0.15) is 17.1 Å². The number of nitrogens with one attached hydrogen (secondary N) is 1. The van der Waals surface area contributed by atoms with Crippen LogP contribution >= 0.6 is 0 Å².